The highest BCUT2D eigenvalue weighted by Gasteiger charge is 2.40. The van der Waals surface area contributed by atoms with Crippen molar-refractivity contribution in [2.75, 3.05) is 0 Å². The van der Waals surface area contributed by atoms with Crippen LogP contribution in [0.25, 0.3) is 0 Å². The van der Waals surface area contributed by atoms with Gasteiger partial charge in [0.15, 0.2) is 0 Å². The Morgan fingerprint density at radius 3 is 3.25 bits per heavy atom. The van der Waals surface area contributed by atoms with Gasteiger partial charge in [0.25, 0.3) is 0 Å². The van der Waals surface area contributed by atoms with Crippen LogP contribution in [0.3, 0.4) is 0 Å². The molecular weight excluding hydrogens is 200 g/mol. The summed E-state index contributed by atoms with van der Waals surface area (Å²) in [6, 6.07) is 0.640. The van der Waals surface area contributed by atoms with Gasteiger partial charge in [-0.05, 0) is 24.7 Å². The van der Waals surface area contributed by atoms with Crippen LogP contribution in [-0.4, -0.2) is 11.0 Å². The summed E-state index contributed by atoms with van der Waals surface area (Å²) in [4.78, 5) is 4.26. The smallest absolute Gasteiger partial charge is 0.208 e. The molecule has 1 N–H and O–H groups in total. The highest BCUT2D eigenvalue weighted by atomic mass is 16.4. The quantitative estimate of drug-likeness (QED) is 0.788. The molecule has 2 aliphatic carbocycles. The summed E-state index contributed by atoms with van der Waals surface area (Å²) >= 11 is 0. The second kappa shape index (κ2) is 4.06. The third kappa shape index (κ3) is 1.69. The van der Waals surface area contributed by atoms with Gasteiger partial charge in [-0.3, -0.25) is 0 Å². The molecule has 0 bridgehead atoms. The SMILES string of the molecule is CCc1cnc(CNC2CC3CC=CC32)o1. The third-order valence-electron chi connectivity index (χ3n) is 3.83. The van der Waals surface area contributed by atoms with Gasteiger partial charge < -0.3 is 9.73 Å². The highest BCUT2D eigenvalue weighted by Crippen LogP contribution is 2.42. The van der Waals surface area contributed by atoms with Gasteiger partial charge in [-0.2, -0.15) is 0 Å². The van der Waals surface area contributed by atoms with Gasteiger partial charge in [-0.1, -0.05) is 19.1 Å². The fourth-order valence-corrected chi connectivity index (χ4v) is 2.76. The standard InChI is InChI=1S/C13H18N2O/c1-2-10-7-15-13(16-10)8-14-12-6-9-4-3-5-11(9)12/h3,5,7,9,11-12,14H,2,4,6,8H2,1H3. The van der Waals surface area contributed by atoms with Crippen molar-refractivity contribution in [2.45, 2.75) is 38.8 Å². The fourth-order valence-electron chi connectivity index (χ4n) is 2.76. The van der Waals surface area contributed by atoms with Crippen LogP contribution in [0.2, 0.25) is 0 Å². The van der Waals surface area contributed by atoms with Gasteiger partial charge in [0, 0.05) is 12.5 Å². The Kier molecular flexibility index (Phi) is 2.56. The molecule has 2 aliphatic rings. The first-order valence-electron chi connectivity index (χ1n) is 6.20. The largest absolute Gasteiger partial charge is 0.444 e. The van der Waals surface area contributed by atoms with Crippen molar-refractivity contribution in [3.8, 4) is 0 Å². The zero-order chi connectivity index (χ0) is 11.0. The van der Waals surface area contributed by atoms with E-state index in [0.717, 1.165) is 36.5 Å². The van der Waals surface area contributed by atoms with Crippen molar-refractivity contribution < 1.29 is 4.42 Å². The summed E-state index contributed by atoms with van der Waals surface area (Å²) in [5.74, 6) is 3.47. The van der Waals surface area contributed by atoms with E-state index in [2.05, 4.69) is 29.4 Å². The minimum atomic E-state index is 0.640. The topological polar surface area (TPSA) is 38.1 Å². The third-order valence-corrected chi connectivity index (χ3v) is 3.83. The Labute approximate surface area is 95.9 Å². The molecule has 1 fully saturated rings. The van der Waals surface area contributed by atoms with Crippen LogP contribution in [0, 0.1) is 11.8 Å². The number of aromatic nitrogens is 1. The van der Waals surface area contributed by atoms with Crippen molar-refractivity contribution in [1.82, 2.24) is 10.3 Å². The van der Waals surface area contributed by atoms with E-state index in [4.69, 9.17) is 4.42 Å². The summed E-state index contributed by atoms with van der Waals surface area (Å²) in [6.45, 7) is 2.85. The monoisotopic (exact) mass is 218 g/mol. The molecule has 0 amide bonds. The molecule has 1 saturated carbocycles. The number of nitrogens with one attached hydrogen (secondary N) is 1. The van der Waals surface area contributed by atoms with Crippen molar-refractivity contribution in [3.63, 3.8) is 0 Å². The summed E-state index contributed by atoms with van der Waals surface area (Å²) in [7, 11) is 0. The number of hydrogen-bond donors (Lipinski definition) is 1. The zero-order valence-corrected chi connectivity index (χ0v) is 9.65. The van der Waals surface area contributed by atoms with Crippen LogP contribution in [0.15, 0.2) is 22.8 Å². The molecule has 1 aromatic rings. The molecule has 3 rings (SSSR count). The summed E-state index contributed by atoms with van der Waals surface area (Å²) in [5.41, 5.74) is 0. The molecule has 0 spiro atoms. The van der Waals surface area contributed by atoms with E-state index in [-0.39, 0.29) is 0 Å². The van der Waals surface area contributed by atoms with E-state index < -0.39 is 0 Å². The molecule has 1 heterocycles. The number of nitrogens with zero attached hydrogens (tertiary/aromatic N) is 1. The number of rotatable bonds is 4. The maximum atomic E-state index is 5.57. The molecule has 3 atom stereocenters. The second-order valence-electron chi connectivity index (χ2n) is 4.80. The molecule has 3 heteroatoms. The molecular formula is C13H18N2O. The number of hydrogen-bond acceptors (Lipinski definition) is 3. The minimum absolute atomic E-state index is 0.640. The van der Waals surface area contributed by atoms with E-state index in [0.29, 0.717) is 6.04 Å². The Bertz CT molecular complexity index is 396. The van der Waals surface area contributed by atoms with Crippen LogP contribution in [0.5, 0.6) is 0 Å². The predicted octanol–water partition coefficient (Wildman–Crippen LogP) is 2.29. The number of fused-ring (bicyclic) bond motifs is 1. The van der Waals surface area contributed by atoms with Gasteiger partial charge in [0.2, 0.25) is 5.89 Å². The fraction of sp³-hybridized carbons (Fsp3) is 0.615. The summed E-state index contributed by atoms with van der Waals surface area (Å²) < 4.78 is 5.57. The Morgan fingerprint density at radius 1 is 1.56 bits per heavy atom. The van der Waals surface area contributed by atoms with Gasteiger partial charge >= 0.3 is 0 Å². The molecule has 86 valence electrons. The molecule has 0 saturated heterocycles. The minimum Gasteiger partial charge on any atom is -0.444 e. The Morgan fingerprint density at radius 2 is 2.50 bits per heavy atom. The van der Waals surface area contributed by atoms with E-state index in [9.17, 15) is 0 Å². The number of allylic oxidation sites excluding steroid dienone is 1. The molecule has 0 aromatic carbocycles. The van der Waals surface area contributed by atoms with E-state index in [1.807, 2.05) is 6.20 Å². The van der Waals surface area contributed by atoms with E-state index >= 15 is 0 Å². The molecule has 0 aliphatic heterocycles. The summed E-state index contributed by atoms with van der Waals surface area (Å²) in [6.07, 6.45) is 10.0. The molecule has 0 radical (unpaired) electrons. The molecule has 16 heavy (non-hydrogen) atoms. The maximum Gasteiger partial charge on any atom is 0.208 e. The maximum absolute atomic E-state index is 5.57. The second-order valence-corrected chi connectivity index (χ2v) is 4.80. The van der Waals surface area contributed by atoms with Crippen LogP contribution in [-0.2, 0) is 13.0 Å². The zero-order valence-electron chi connectivity index (χ0n) is 9.65. The average molecular weight is 218 g/mol. The van der Waals surface area contributed by atoms with E-state index in [1.54, 1.807) is 0 Å². The van der Waals surface area contributed by atoms with Gasteiger partial charge in [-0.15, -0.1) is 0 Å². The normalized spacial score (nSPS) is 31.4. The lowest BCUT2D eigenvalue weighted by molar-refractivity contribution is 0.158. The summed E-state index contributed by atoms with van der Waals surface area (Å²) in [5, 5.41) is 3.54. The molecule has 3 unspecified atom stereocenters. The van der Waals surface area contributed by atoms with Crippen molar-refractivity contribution in [2.24, 2.45) is 11.8 Å². The first-order valence-corrected chi connectivity index (χ1v) is 6.20. The van der Waals surface area contributed by atoms with E-state index in [1.165, 1.54) is 12.8 Å². The van der Waals surface area contributed by atoms with Crippen LogP contribution < -0.4 is 5.32 Å². The van der Waals surface area contributed by atoms with Crippen molar-refractivity contribution in [3.05, 3.63) is 30.0 Å². The van der Waals surface area contributed by atoms with Crippen LogP contribution in [0.1, 0.15) is 31.4 Å². The Balaban J connectivity index is 1.51. The molecule has 1 aromatic heterocycles. The highest BCUT2D eigenvalue weighted by molar-refractivity contribution is 5.13. The lowest BCUT2D eigenvalue weighted by Gasteiger charge is -2.40. The van der Waals surface area contributed by atoms with Crippen molar-refractivity contribution >= 4 is 0 Å². The molecule has 3 nitrogen and oxygen atoms in total. The van der Waals surface area contributed by atoms with Gasteiger partial charge in [0.05, 0.1) is 12.7 Å². The number of aryl methyl sites for hydroxylation is 1. The predicted molar refractivity (Wildman–Crippen MR) is 61.9 cm³/mol. The average Bonchev–Trinajstić information content (AvgIpc) is 2.86. The first kappa shape index (κ1) is 10.1. The van der Waals surface area contributed by atoms with Crippen LogP contribution >= 0.6 is 0 Å². The Hall–Kier alpha value is -1.09. The lowest BCUT2D eigenvalue weighted by Crippen LogP contribution is -2.47. The van der Waals surface area contributed by atoms with Crippen LogP contribution in [0.4, 0.5) is 0 Å². The van der Waals surface area contributed by atoms with Crippen molar-refractivity contribution in [1.29, 1.82) is 0 Å². The van der Waals surface area contributed by atoms with Gasteiger partial charge in [0.1, 0.15) is 5.76 Å². The van der Waals surface area contributed by atoms with Gasteiger partial charge in [-0.25, -0.2) is 4.98 Å². The lowest BCUT2D eigenvalue weighted by atomic mass is 9.71. The first-order chi connectivity index (χ1) is 7.86. The number of oxazole rings is 1.